The topological polar surface area (TPSA) is 78.4 Å². The lowest BCUT2D eigenvalue weighted by Crippen LogP contribution is -2.45. The van der Waals surface area contributed by atoms with Gasteiger partial charge in [-0.1, -0.05) is 18.8 Å². The monoisotopic (exact) mass is 266 g/mol. The molecule has 0 saturated heterocycles. The summed E-state index contributed by atoms with van der Waals surface area (Å²) < 4.78 is 0. The smallest absolute Gasteiger partial charge is 0.306 e. The van der Waals surface area contributed by atoms with Gasteiger partial charge in [0.25, 0.3) is 0 Å². The maximum Gasteiger partial charge on any atom is 0.306 e. The molecule has 0 aromatic heterocycles. The van der Waals surface area contributed by atoms with Crippen LogP contribution >= 0.6 is 0 Å². The molecule has 0 aromatic carbocycles. The zero-order valence-corrected chi connectivity index (χ0v) is 11.3. The number of aliphatic carboxylic acids is 1. The molecule has 3 unspecified atom stereocenters. The molecule has 1 aliphatic carbocycles. The van der Waals surface area contributed by atoms with Gasteiger partial charge in [-0.3, -0.25) is 9.59 Å². The van der Waals surface area contributed by atoms with Crippen LogP contribution in [0.25, 0.3) is 0 Å². The first-order chi connectivity index (χ1) is 9.06. The molecule has 3 N–H and O–H groups in total. The van der Waals surface area contributed by atoms with Gasteiger partial charge in [0.05, 0.1) is 18.5 Å². The van der Waals surface area contributed by atoms with E-state index in [1.807, 2.05) is 0 Å². The van der Waals surface area contributed by atoms with Crippen molar-refractivity contribution in [3.8, 4) is 12.3 Å². The predicted octanol–water partition coefficient (Wildman–Crippen LogP) is 0.605. The molecule has 1 rings (SSSR count). The minimum atomic E-state index is -0.726. The van der Waals surface area contributed by atoms with E-state index in [0.29, 0.717) is 6.54 Å². The number of carbonyl (C=O) groups is 2. The van der Waals surface area contributed by atoms with Gasteiger partial charge < -0.3 is 15.7 Å². The number of carboxylic acid groups (broad SMARTS) is 1. The van der Waals surface area contributed by atoms with Crippen LogP contribution < -0.4 is 10.6 Å². The van der Waals surface area contributed by atoms with Crippen molar-refractivity contribution in [1.82, 2.24) is 10.6 Å². The Morgan fingerprint density at radius 3 is 2.74 bits per heavy atom. The lowest BCUT2D eigenvalue weighted by Gasteiger charge is -2.29. The van der Waals surface area contributed by atoms with Gasteiger partial charge in [-0.2, -0.15) is 0 Å². The van der Waals surface area contributed by atoms with E-state index >= 15 is 0 Å². The second kappa shape index (κ2) is 7.80. The number of hydrogen-bond acceptors (Lipinski definition) is 3. The van der Waals surface area contributed by atoms with Crippen LogP contribution in [-0.4, -0.2) is 36.1 Å². The molecule has 19 heavy (non-hydrogen) atoms. The Kier molecular flexibility index (Phi) is 6.37. The molecule has 0 aromatic rings. The fourth-order valence-electron chi connectivity index (χ4n) is 2.49. The van der Waals surface area contributed by atoms with E-state index in [9.17, 15) is 14.7 Å². The SMILES string of the molecule is C#CCNC(=O)C(C)NCC1CCCCC1C(=O)O. The summed E-state index contributed by atoms with van der Waals surface area (Å²) in [6.07, 6.45) is 8.75. The van der Waals surface area contributed by atoms with Crippen molar-refractivity contribution in [3.05, 3.63) is 0 Å². The highest BCUT2D eigenvalue weighted by Crippen LogP contribution is 2.29. The fourth-order valence-corrected chi connectivity index (χ4v) is 2.49. The van der Waals surface area contributed by atoms with Gasteiger partial charge in [0.2, 0.25) is 5.91 Å². The molecule has 5 nitrogen and oxygen atoms in total. The third kappa shape index (κ3) is 4.92. The second-order valence-electron chi connectivity index (χ2n) is 5.04. The molecule has 0 radical (unpaired) electrons. The maximum absolute atomic E-state index is 11.6. The Morgan fingerprint density at radius 2 is 2.11 bits per heavy atom. The standard InChI is InChI=1S/C14H22N2O3/c1-3-8-15-13(17)10(2)16-9-11-6-4-5-7-12(11)14(18)19/h1,10-12,16H,4-9H2,2H3,(H,15,17)(H,18,19). The summed E-state index contributed by atoms with van der Waals surface area (Å²) in [4.78, 5) is 22.8. The van der Waals surface area contributed by atoms with E-state index in [0.717, 1.165) is 25.7 Å². The number of nitrogens with one attached hydrogen (secondary N) is 2. The second-order valence-corrected chi connectivity index (χ2v) is 5.04. The number of carboxylic acids is 1. The number of hydrogen-bond donors (Lipinski definition) is 3. The molecule has 1 fully saturated rings. The minimum absolute atomic E-state index is 0.106. The number of carbonyl (C=O) groups excluding carboxylic acids is 1. The number of rotatable bonds is 6. The average Bonchev–Trinajstić information content (AvgIpc) is 2.42. The zero-order valence-electron chi connectivity index (χ0n) is 11.3. The van der Waals surface area contributed by atoms with E-state index in [4.69, 9.17) is 6.42 Å². The van der Waals surface area contributed by atoms with E-state index in [1.165, 1.54) is 0 Å². The average molecular weight is 266 g/mol. The van der Waals surface area contributed by atoms with E-state index in [1.54, 1.807) is 6.92 Å². The van der Waals surface area contributed by atoms with Gasteiger partial charge in [0.1, 0.15) is 0 Å². The Morgan fingerprint density at radius 1 is 1.42 bits per heavy atom. The quantitative estimate of drug-likeness (QED) is 0.615. The number of amides is 1. The summed E-state index contributed by atoms with van der Waals surface area (Å²) in [5.41, 5.74) is 0. The van der Waals surface area contributed by atoms with Crippen molar-refractivity contribution < 1.29 is 14.7 Å². The predicted molar refractivity (Wildman–Crippen MR) is 72.4 cm³/mol. The van der Waals surface area contributed by atoms with Crippen LogP contribution in [-0.2, 0) is 9.59 Å². The van der Waals surface area contributed by atoms with E-state index in [2.05, 4.69) is 16.6 Å². The van der Waals surface area contributed by atoms with Crippen LogP contribution in [0.5, 0.6) is 0 Å². The lowest BCUT2D eigenvalue weighted by molar-refractivity contribution is -0.144. The van der Waals surface area contributed by atoms with Crippen LogP contribution in [0.15, 0.2) is 0 Å². The van der Waals surface area contributed by atoms with Crippen LogP contribution in [0, 0.1) is 24.2 Å². The molecule has 0 heterocycles. The van der Waals surface area contributed by atoms with Gasteiger partial charge in [0, 0.05) is 0 Å². The van der Waals surface area contributed by atoms with Crippen molar-refractivity contribution >= 4 is 11.9 Å². The molecular formula is C14H22N2O3. The Labute approximate surface area is 114 Å². The maximum atomic E-state index is 11.6. The van der Waals surface area contributed by atoms with Gasteiger partial charge in [-0.25, -0.2) is 0 Å². The molecule has 0 spiro atoms. The van der Waals surface area contributed by atoms with Gasteiger partial charge in [-0.05, 0) is 32.2 Å². The van der Waals surface area contributed by atoms with Crippen LogP contribution in [0.3, 0.4) is 0 Å². The zero-order chi connectivity index (χ0) is 14.3. The third-order valence-corrected chi connectivity index (χ3v) is 3.67. The van der Waals surface area contributed by atoms with Crippen LogP contribution in [0.1, 0.15) is 32.6 Å². The molecule has 1 aliphatic rings. The third-order valence-electron chi connectivity index (χ3n) is 3.67. The first-order valence-corrected chi connectivity index (χ1v) is 6.73. The summed E-state index contributed by atoms with van der Waals surface area (Å²) in [5, 5.41) is 14.9. The van der Waals surface area contributed by atoms with Crippen molar-refractivity contribution in [1.29, 1.82) is 0 Å². The van der Waals surface area contributed by atoms with Gasteiger partial charge >= 0.3 is 5.97 Å². The highest BCUT2D eigenvalue weighted by molar-refractivity contribution is 5.81. The molecule has 1 saturated carbocycles. The molecule has 5 heteroatoms. The van der Waals surface area contributed by atoms with Crippen LogP contribution in [0.2, 0.25) is 0 Å². The van der Waals surface area contributed by atoms with E-state index in [-0.39, 0.29) is 30.3 Å². The first-order valence-electron chi connectivity index (χ1n) is 6.73. The number of terminal acetylenes is 1. The molecular weight excluding hydrogens is 244 g/mol. The summed E-state index contributed by atoms with van der Waals surface area (Å²) in [7, 11) is 0. The Balaban J connectivity index is 2.39. The molecule has 1 amide bonds. The summed E-state index contributed by atoms with van der Waals surface area (Å²) in [6.45, 7) is 2.53. The van der Waals surface area contributed by atoms with Gasteiger partial charge in [0.15, 0.2) is 0 Å². The fraction of sp³-hybridized carbons (Fsp3) is 0.714. The lowest BCUT2D eigenvalue weighted by atomic mass is 9.79. The normalized spacial score (nSPS) is 24.2. The van der Waals surface area contributed by atoms with Crippen LogP contribution in [0.4, 0.5) is 0 Å². The van der Waals surface area contributed by atoms with Crippen molar-refractivity contribution in [2.45, 2.75) is 38.6 Å². The van der Waals surface area contributed by atoms with Crippen molar-refractivity contribution in [3.63, 3.8) is 0 Å². The Hall–Kier alpha value is -1.54. The van der Waals surface area contributed by atoms with Crippen molar-refractivity contribution in [2.75, 3.05) is 13.1 Å². The molecule has 3 atom stereocenters. The largest absolute Gasteiger partial charge is 0.481 e. The summed E-state index contributed by atoms with van der Waals surface area (Å²) in [6, 6.07) is -0.357. The first kappa shape index (κ1) is 15.5. The highest BCUT2D eigenvalue weighted by atomic mass is 16.4. The Bertz CT molecular complexity index is 362. The summed E-state index contributed by atoms with van der Waals surface area (Å²) >= 11 is 0. The van der Waals surface area contributed by atoms with Gasteiger partial charge in [-0.15, -0.1) is 6.42 Å². The molecule has 0 aliphatic heterocycles. The highest BCUT2D eigenvalue weighted by Gasteiger charge is 2.30. The molecule has 106 valence electrons. The minimum Gasteiger partial charge on any atom is -0.481 e. The molecule has 0 bridgehead atoms. The summed E-state index contributed by atoms with van der Waals surface area (Å²) in [5.74, 6) is 1.28. The van der Waals surface area contributed by atoms with E-state index < -0.39 is 5.97 Å². The van der Waals surface area contributed by atoms with Crippen molar-refractivity contribution in [2.24, 2.45) is 11.8 Å².